The molecule has 6 nitrogen and oxygen atoms in total. The largest absolute Gasteiger partial charge is 0.490 e. The van der Waals surface area contributed by atoms with Gasteiger partial charge >= 0.3 is 0 Å². The number of amides is 2. The van der Waals surface area contributed by atoms with E-state index in [1.165, 1.54) is 0 Å². The molecule has 41 heavy (non-hydrogen) atoms. The zero-order chi connectivity index (χ0) is 29.8. The maximum Gasteiger partial charge on any atom is 0.243 e. The number of halogens is 2. The summed E-state index contributed by atoms with van der Waals surface area (Å²) in [7, 11) is 0. The normalized spacial score (nSPS) is 11.7. The third-order valence-corrected chi connectivity index (χ3v) is 7.29. The van der Waals surface area contributed by atoms with Gasteiger partial charge in [0.15, 0.2) is 11.5 Å². The molecule has 1 N–H and O–H groups in total. The molecule has 0 saturated carbocycles. The van der Waals surface area contributed by atoms with Crippen LogP contribution in [0, 0.1) is 5.92 Å². The van der Waals surface area contributed by atoms with Crippen molar-refractivity contribution >= 4 is 35.0 Å². The Balaban J connectivity index is 1.94. The van der Waals surface area contributed by atoms with Crippen molar-refractivity contribution in [1.82, 2.24) is 10.2 Å². The minimum Gasteiger partial charge on any atom is -0.490 e. The highest BCUT2D eigenvalue weighted by molar-refractivity contribution is 6.36. The van der Waals surface area contributed by atoms with Crippen LogP contribution in [0.3, 0.4) is 0 Å². The van der Waals surface area contributed by atoms with Gasteiger partial charge in [-0.1, -0.05) is 79.5 Å². The maximum absolute atomic E-state index is 14.0. The van der Waals surface area contributed by atoms with Crippen LogP contribution in [0.15, 0.2) is 66.7 Å². The van der Waals surface area contributed by atoms with Gasteiger partial charge in [0.05, 0.1) is 13.2 Å². The van der Waals surface area contributed by atoms with Gasteiger partial charge in [-0.2, -0.15) is 0 Å². The van der Waals surface area contributed by atoms with Crippen LogP contribution >= 0.6 is 23.2 Å². The fraction of sp³-hybridized carbons (Fsp3) is 0.394. The monoisotopic (exact) mass is 598 g/mol. The standard InChI is InChI=1S/C33H40Cl2N2O4/c1-5-40-30-17-15-25(20-31(30)41-6-2)16-18-32(38)37(22-26-27(34)13-10-14-28(26)35)29(33(39)36-21-23(3)4)19-24-11-8-7-9-12-24/h7-15,17,20,23,29H,5-6,16,18-19,21-22H2,1-4H3,(H,36,39)/t29-/m1/s1. The van der Waals surface area contributed by atoms with E-state index in [2.05, 4.69) is 5.32 Å². The smallest absolute Gasteiger partial charge is 0.243 e. The Hall–Kier alpha value is -3.22. The number of nitrogens with zero attached hydrogens (tertiary/aromatic N) is 1. The van der Waals surface area contributed by atoms with Crippen LogP contribution in [-0.2, 0) is 29.0 Å². The average molecular weight is 600 g/mol. The Morgan fingerprint density at radius 1 is 0.854 bits per heavy atom. The molecule has 0 spiro atoms. The van der Waals surface area contributed by atoms with Crippen LogP contribution in [0.4, 0.5) is 0 Å². The molecule has 0 fully saturated rings. The van der Waals surface area contributed by atoms with Gasteiger partial charge in [-0.3, -0.25) is 9.59 Å². The van der Waals surface area contributed by atoms with Crippen LogP contribution in [0.25, 0.3) is 0 Å². The summed E-state index contributed by atoms with van der Waals surface area (Å²) in [6, 6.07) is 19.9. The highest BCUT2D eigenvalue weighted by Gasteiger charge is 2.31. The number of hydrogen-bond acceptors (Lipinski definition) is 4. The number of nitrogens with one attached hydrogen (secondary N) is 1. The predicted octanol–water partition coefficient (Wildman–Crippen LogP) is 7.14. The molecule has 8 heteroatoms. The first-order valence-electron chi connectivity index (χ1n) is 14.2. The Labute approximate surface area is 253 Å². The van der Waals surface area contributed by atoms with Crippen molar-refractivity contribution in [2.45, 2.75) is 59.5 Å². The van der Waals surface area contributed by atoms with E-state index in [9.17, 15) is 9.59 Å². The number of rotatable bonds is 15. The summed E-state index contributed by atoms with van der Waals surface area (Å²) < 4.78 is 11.5. The highest BCUT2D eigenvalue weighted by atomic mass is 35.5. The summed E-state index contributed by atoms with van der Waals surface area (Å²) in [5.74, 6) is 1.20. The Bertz CT molecular complexity index is 1260. The number of benzene rings is 3. The second-order valence-electron chi connectivity index (χ2n) is 10.2. The molecular formula is C33H40Cl2N2O4. The van der Waals surface area contributed by atoms with Crippen molar-refractivity contribution < 1.29 is 19.1 Å². The lowest BCUT2D eigenvalue weighted by Gasteiger charge is -2.32. The van der Waals surface area contributed by atoms with E-state index in [0.717, 1.165) is 11.1 Å². The van der Waals surface area contributed by atoms with Gasteiger partial charge in [0.1, 0.15) is 6.04 Å². The van der Waals surface area contributed by atoms with E-state index in [-0.39, 0.29) is 30.7 Å². The third-order valence-electron chi connectivity index (χ3n) is 6.58. The topological polar surface area (TPSA) is 67.9 Å². The minimum absolute atomic E-state index is 0.109. The second-order valence-corrected chi connectivity index (χ2v) is 11.0. The fourth-order valence-electron chi connectivity index (χ4n) is 4.48. The van der Waals surface area contributed by atoms with Crippen LogP contribution in [0.1, 0.15) is 50.8 Å². The van der Waals surface area contributed by atoms with E-state index in [1.807, 2.05) is 76.2 Å². The lowest BCUT2D eigenvalue weighted by Crippen LogP contribution is -2.51. The van der Waals surface area contributed by atoms with Crippen molar-refractivity contribution in [3.63, 3.8) is 0 Å². The lowest BCUT2D eigenvalue weighted by atomic mass is 10.0. The first-order valence-corrected chi connectivity index (χ1v) is 14.9. The summed E-state index contributed by atoms with van der Waals surface area (Å²) in [5, 5.41) is 3.93. The molecule has 3 aromatic carbocycles. The van der Waals surface area contributed by atoms with Crippen LogP contribution in [0.5, 0.6) is 11.5 Å². The van der Waals surface area contributed by atoms with Gasteiger partial charge in [-0.25, -0.2) is 0 Å². The third kappa shape index (κ3) is 9.68. The second kappa shape index (κ2) is 16.3. The Morgan fingerprint density at radius 2 is 1.51 bits per heavy atom. The average Bonchev–Trinajstić information content (AvgIpc) is 2.95. The fourth-order valence-corrected chi connectivity index (χ4v) is 4.99. The van der Waals surface area contributed by atoms with Crippen molar-refractivity contribution in [3.8, 4) is 11.5 Å². The summed E-state index contributed by atoms with van der Waals surface area (Å²) in [6.45, 7) is 9.55. The van der Waals surface area contributed by atoms with Gasteiger partial charge in [-0.15, -0.1) is 0 Å². The highest BCUT2D eigenvalue weighted by Crippen LogP contribution is 2.30. The zero-order valence-electron chi connectivity index (χ0n) is 24.3. The van der Waals surface area contributed by atoms with E-state index in [4.69, 9.17) is 32.7 Å². The van der Waals surface area contributed by atoms with E-state index in [1.54, 1.807) is 23.1 Å². The van der Waals surface area contributed by atoms with Crippen molar-refractivity contribution in [2.24, 2.45) is 5.92 Å². The number of ether oxygens (including phenoxy) is 2. The first kappa shape index (κ1) is 32.3. The van der Waals surface area contributed by atoms with Crippen molar-refractivity contribution in [1.29, 1.82) is 0 Å². The molecule has 2 amide bonds. The zero-order valence-corrected chi connectivity index (χ0v) is 25.8. The lowest BCUT2D eigenvalue weighted by molar-refractivity contribution is -0.141. The first-order chi connectivity index (χ1) is 19.7. The molecule has 0 saturated heterocycles. The van der Waals surface area contributed by atoms with Crippen molar-refractivity contribution in [2.75, 3.05) is 19.8 Å². The molecule has 3 aromatic rings. The molecule has 0 radical (unpaired) electrons. The molecule has 0 heterocycles. The van der Waals surface area contributed by atoms with Gasteiger partial charge in [0.2, 0.25) is 11.8 Å². The Kier molecular flexibility index (Phi) is 12.8. The summed E-state index contributed by atoms with van der Waals surface area (Å²) >= 11 is 13.1. The molecule has 1 atom stereocenters. The van der Waals surface area contributed by atoms with Gasteiger partial charge in [0.25, 0.3) is 0 Å². The van der Waals surface area contributed by atoms with E-state index < -0.39 is 6.04 Å². The number of carbonyl (C=O) groups is 2. The maximum atomic E-state index is 14.0. The molecule has 220 valence electrons. The van der Waals surface area contributed by atoms with E-state index in [0.29, 0.717) is 59.7 Å². The van der Waals surface area contributed by atoms with Crippen LogP contribution in [-0.4, -0.2) is 42.5 Å². The molecular weight excluding hydrogens is 559 g/mol. The Morgan fingerprint density at radius 3 is 2.15 bits per heavy atom. The number of aryl methyl sites for hydroxylation is 1. The molecule has 0 aliphatic rings. The van der Waals surface area contributed by atoms with Crippen LogP contribution in [0.2, 0.25) is 10.0 Å². The quantitative estimate of drug-likeness (QED) is 0.202. The minimum atomic E-state index is -0.754. The predicted molar refractivity (Wildman–Crippen MR) is 166 cm³/mol. The number of carbonyl (C=O) groups excluding carboxylic acids is 2. The van der Waals surface area contributed by atoms with Crippen LogP contribution < -0.4 is 14.8 Å². The van der Waals surface area contributed by atoms with Gasteiger partial charge < -0.3 is 19.7 Å². The SMILES string of the molecule is CCOc1ccc(CCC(=O)N(Cc2c(Cl)cccc2Cl)[C@H](Cc2ccccc2)C(=O)NCC(C)C)cc1OCC. The summed E-state index contributed by atoms with van der Waals surface area (Å²) in [5.41, 5.74) is 2.50. The molecule has 0 unspecified atom stereocenters. The van der Waals surface area contributed by atoms with Gasteiger partial charge in [0, 0.05) is 41.5 Å². The van der Waals surface area contributed by atoms with Crippen molar-refractivity contribution in [3.05, 3.63) is 93.5 Å². The molecule has 0 aliphatic carbocycles. The molecule has 0 aliphatic heterocycles. The van der Waals surface area contributed by atoms with Gasteiger partial charge in [-0.05, 0) is 61.6 Å². The molecule has 0 bridgehead atoms. The summed E-state index contributed by atoms with van der Waals surface area (Å²) in [6.07, 6.45) is 1.00. The molecule has 0 aromatic heterocycles. The summed E-state index contributed by atoms with van der Waals surface area (Å²) in [4.78, 5) is 29.3. The van der Waals surface area contributed by atoms with E-state index >= 15 is 0 Å². The number of hydrogen-bond donors (Lipinski definition) is 1. The molecule has 3 rings (SSSR count).